The normalized spacial score (nSPS) is 10.9. The van der Waals surface area contributed by atoms with Crippen LogP contribution >= 0.6 is 0 Å². The Morgan fingerprint density at radius 2 is 1.80 bits per heavy atom. The van der Waals surface area contributed by atoms with Gasteiger partial charge in [0.15, 0.2) is 5.78 Å². The van der Waals surface area contributed by atoms with Crippen molar-refractivity contribution in [3.8, 4) is 0 Å². The zero-order chi connectivity index (χ0) is 14.1. The summed E-state index contributed by atoms with van der Waals surface area (Å²) in [6.45, 7) is 0. The first-order valence-corrected chi connectivity index (χ1v) is 6.18. The molecule has 100 valence electrons. The summed E-state index contributed by atoms with van der Waals surface area (Å²) in [6, 6.07) is 10.3. The molecule has 0 unspecified atom stereocenters. The second-order valence-electron chi connectivity index (χ2n) is 4.59. The molecule has 3 aromatic rings. The summed E-state index contributed by atoms with van der Waals surface area (Å²) >= 11 is 0. The van der Waals surface area contributed by atoms with E-state index in [1.54, 1.807) is 24.3 Å². The molecular weight excluding hydrogens is 260 g/mol. The molecule has 0 amide bonds. The lowest BCUT2D eigenvalue weighted by atomic mass is 10.0. The third-order valence-corrected chi connectivity index (χ3v) is 3.23. The quantitative estimate of drug-likeness (QED) is 0.721. The first-order chi connectivity index (χ1) is 9.65. The lowest BCUT2D eigenvalue weighted by Crippen LogP contribution is -2.03. The number of aromatic amines is 1. The van der Waals surface area contributed by atoms with E-state index < -0.39 is 5.82 Å². The molecule has 0 fully saturated rings. The fraction of sp³-hybridized carbons (Fsp3) is 0.0625. The number of hydrogen-bond donors (Lipinski definition) is 1. The number of hydrogen-bond acceptors (Lipinski definition) is 1. The van der Waals surface area contributed by atoms with E-state index in [0.29, 0.717) is 22.0 Å². The van der Waals surface area contributed by atoms with Crippen LogP contribution in [0.25, 0.3) is 10.9 Å². The molecule has 2 aromatic carbocycles. The maximum Gasteiger partial charge on any atom is 0.169 e. The summed E-state index contributed by atoms with van der Waals surface area (Å²) in [5.74, 6) is -0.974. The molecular formula is C16H11F2NO. The zero-order valence-corrected chi connectivity index (χ0v) is 10.5. The number of rotatable bonds is 3. The number of carbonyl (C=O) groups is 1. The van der Waals surface area contributed by atoms with E-state index in [0.717, 1.165) is 0 Å². The number of H-pyrrole nitrogens is 1. The van der Waals surface area contributed by atoms with Gasteiger partial charge in [0, 0.05) is 29.1 Å². The molecule has 0 aliphatic carbocycles. The lowest BCUT2D eigenvalue weighted by molar-refractivity contribution is 0.0994. The summed E-state index contributed by atoms with van der Waals surface area (Å²) in [5.41, 5.74) is 1.61. The van der Waals surface area contributed by atoms with Crippen molar-refractivity contribution in [1.82, 2.24) is 4.98 Å². The Kier molecular flexibility index (Phi) is 3.06. The lowest BCUT2D eigenvalue weighted by Gasteiger charge is -2.01. The van der Waals surface area contributed by atoms with Gasteiger partial charge in [0.25, 0.3) is 0 Å². The minimum absolute atomic E-state index is 0.113. The Morgan fingerprint density at radius 3 is 2.55 bits per heavy atom. The number of nitrogens with one attached hydrogen (secondary N) is 1. The molecule has 0 saturated carbocycles. The molecule has 0 atom stereocenters. The number of benzene rings is 2. The van der Waals surface area contributed by atoms with Crippen LogP contribution < -0.4 is 0 Å². The minimum atomic E-state index is -0.425. The molecule has 1 N–H and O–H groups in total. The SMILES string of the molecule is O=C(Cc1ccc(F)cc1)c1c[nH]c2cccc(F)c12. The highest BCUT2D eigenvalue weighted by atomic mass is 19.1. The molecule has 2 nitrogen and oxygen atoms in total. The number of fused-ring (bicyclic) bond motifs is 1. The Labute approximate surface area is 114 Å². The minimum Gasteiger partial charge on any atom is -0.360 e. The van der Waals surface area contributed by atoms with E-state index in [1.807, 2.05) is 0 Å². The van der Waals surface area contributed by atoms with Gasteiger partial charge in [-0.3, -0.25) is 4.79 Å². The first kappa shape index (κ1) is 12.5. The largest absolute Gasteiger partial charge is 0.360 e. The molecule has 0 saturated heterocycles. The third-order valence-electron chi connectivity index (χ3n) is 3.23. The van der Waals surface area contributed by atoms with Crippen molar-refractivity contribution in [1.29, 1.82) is 0 Å². The summed E-state index contributed by atoms with van der Waals surface area (Å²) < 4.78 is 26.6. The van der Waals surface area contributed by atoms with Crippen molar-refractivity contribution in [2.75, 3.05) is 0 Å². The van der Waals surface area contributed by atoms with Crippen LogP contribution in [0, 0.1) is 11.6 Å². The fourth-order valence-corrected chi connectivity index (χ4v) is 2.24. The predicted octanol–water partition coefficient (Wildman–Crippen LogP) is 3.87. The van der Waals surface area contributed by atoms with Crippen LogP contribution in [0.4, 0.5) is 8.78 Å². The van der Waals surface area contributed by atoms with Gasteiger partial charge in [-0.25, -0.2) is 8.78 Å². The van der Waals surface area contributed by atoms with E-state index >= 15 is 0 Å². The van der Waals surface area contributed by atoms with Crippen molar-refractivity contribution in [3.05, 3.63) is 71.4 Å². The Hall–Kier alpha value is -2.49. The van der Waals surface area contributed by atoms with Crippen molar-refractivity contribution >= 4 is 16.7 Å². The van der Waals surface area contributed by atoms with Gasteiger partial charge >= 0.3 is 0 Å². The van der Waals surface area contributed by atoms with Gasteiger partial charge in [-0.15, -0.1) is 0 Å². The van der Waals surface area contributed by atoms with Crippen LogP contribution in [0.15, 0.2) is 48.7 Å². The maximum absolute atomic E-state index is 13.8. The molecule has 1 aromatic heterocycles. The fourth-order valence-electron chi connectivity index (χ4n) is 2.24. The van der Waals surface area contributed by atoms with Crippen LogP contribution in [-0.2, 0) is 6.42 Å². The summed E-state index contributed by atoms with van der Waals surface area (Å²) in [5, 5.41) is 0.305. The van der Waals surface area contributed by atoms with E-state index in [-0.39, 0.29) is 18.0 Å². The van der Waals surface area contributed by atoms with E-state index in [2.05, 4.69) is 4.98 Å². The molecule has 3 rings (SSSR count). The highest BCUT2D eigenvalue weighted by Gasteiger charge is 2.15. The van der Waals surface area contributed by atoms with Crippen LogP contribution in [-0.4, -0.2) is 10.8 Å². The van der Waals surface area contributed by atoms with Gasteiger partial charge in [0.2, 0.25) is 0 Å². The zero-order valence-electron chi connectivity index (χ0n) is 10.5. The topological polar surface area (TPSA) is 32.9 Å². The van der Waals surface area contributed by atoms with Crippen LogP contribution in [0.5, 0.6) is 0 Å². The molecule has 20 heavy (non-hydrogen) atoms. The maximum atomic E-state index is 13.8. The second kappa shape index (κ2) is 4.89. The van der Waals surface area contributed by atoms with Crippen molar-refractivity contribution < 1.29 is 13.6 Å². The monoisotopic (exact) mass is 271 g/mol. The molecule has 0 spiro atoms. The van der Waals surface area contributed by atoms with Gasteiger partial charge in [-0.05, 0) is 29.8 Å². The molecule has 0 aliphatic rings. The molecule has 1 heterocycles. The number of halogens is 2. The van der Waals surface area contributed by atoms with Crippen molar-refractivity contribution in [3.63, 3.8) is 0 Å². The van der Waals surface area contributed by atoms with Gasteiger partial charge in [-0.1, -0.05) is 18.2 Å². The molecule has 0 radical (unpaired) electrons. The highest BCUT2D eigenvalue weighted by Crippen LogP contribution is 2.23. The van der Waals surface area contributed by atoms with Crippen LogP contribution in [0.3, 0.4) is 0 Å². The van der Waals surface area contributed by atoms with Crippen LogP contribution in [0.2, 0.25) is 0 Å². The highest BCUT2D eigenvalue weighted by molar-refractivity contribution is 6.08. The Morgan fingerprint density at radius 1 is 1.05 bits per heavy atom. The third kappa shape index (κ3) is 2.20. The molecule has 0 aliphatic heterocycles. The van der Waals surface area contributed by atoms with Gasteiger partial charge in [-0.2, -0.15) is 0 Å². The molecule has 0 bridgehead atoms. The number of aromatic nitrogens is 1. The number of ketones is 1. The number of carbonyl (C=O) groups excluding carboxylic acids is 1. The Bertz CT molecular complexity index is 775. The Balaban J connectivity index is 1.95. The summed E-state index contributed by atoms with van der Waals surface area (Å²) in [7, 11) is 0. The average molecular weight is 271 g/mol. The average Bonchev–Trinajstić information content (AvgIpc) is 2.87. The summed E-state index contributed by atoms with van der Waals surface area (Å²) in [4.78, 5) is 15.1. The second-order valence-corrected chi connectivity index (χ2v) is 4.59. The smallest absolute Gasteiger partial charge is 0.169 e. The van der Waals surface area contributed by atoms with E-state index in [9.17, 15) is 13.6 Å². The van der Waals surface area contributed by atoms with E-state index in [1.165, 1.54) is 24.4 Å². The first-order valence-electron chi connectivity index (χ1n) is 6.18. The molecule has 4 heteroatoms. The van der Waals surface area contributed by atoms with Gasteiger partial charge in [0.05, 0.1) is 0 Å². The van der Waals surface area contributed by atoms with Crippen LogP contribution in [0.1, 0.15) is 15.9 Å². The standard InChI is InChI=1S/C16H11F2NO/c17-11-6-4-10(5-7-11)8-15(20)12-9-19-14-3-1-2-13(18)16(12)14/h1-7,9,19H,8H2. The van der Waals surface area contributed by atoms with Crippen molar-refractivity contribution in [2.24, 2.45) is 0 Å². The number of Topliss-reactive ketones (excluding diaryl/α,β-unsaturated/α-hetero) is 1. The van der Waals surface area contributed by atoms with Crippen molar-refractivity contribution in [2.45, 2.75) is 6.42 Å². The summed E-state index contributed by atoms with van der Waals surface area (Å²) in [6.07, 6.45) is 1.63. The van der Waals surface area contributed by atoms with E-state index in [4.69, 9.17) is 0 Å². The van der Waals surface area contributed by atoms with Gasteiger partial charge < -0.3 is 4.98 Å². The predicted molar refractivity (Wildman–Crippen MR) is 72.7 cm³/mol. The van der Waals surface area contributed by atoms with Gasteiger partial charge in [0.1, 0.15) is 11.6 Å².